The fourth-order valence-corrected chi connectivity index (χ4v) is 2.70. The maximum absolute atomic E-state index is 11.9. The Morgan fingerprint density at radius 1 is 1.05 bits per heavy atom. The van der Waals surface area contributed by atoms with Gasteiger partial charge in [0, 0.05) is 19.6 Å². The van der Waals surface area contributed by atoms with Crippen molar-refractivity contribution in [1.29, 1.82) is 0 Å². The SMILES string of the molecule is CCCC(CCN)CCC(=O)NCC(CCC)CCO. The average Bonchev–Trinajstić information content (AvgIpc) is 2.43. The minimum Gasteiger partial charge on any atom is -0.396 e. The summed E-state index contributed by atoms with van der Waals surface area (Å²) in [7, 11) is 0. The minimum absolute atomic E-state index is 0.141. The van der Waals surface area contributed by atoms with Gasteiger partial charge in [0.2, 0.25) is 5.91 Å². The predicted octanol–water partition coefficient (Wildman–Crippen LogP) is 2.45. The molecule has 0 aromatic rings. The molecule has 0 aliphatic rings. The molecule has 2 atom stereocenters. The highest BCUT2D eigenvalue weighted by Gasteiger charge is 2.12. The number of nitrogens with two attached hydrogens (primary N) is 1. The zero-order valence-corrected chi connectivity index (χ0v) is 13.4. The third-order valence-corrected chi connectivity index (χ3v) is 3.87. The van der Waals surface area contributed by atoms with Crippen molar-refractivity contribution in [3.8, 4) is 0 Å². The number of amides is 1. The Balaban J connectivity index is 3.89. The van der Waals surface area contributed by atoms with E-state index in [0.29, 0.717) is 31.3 Å². The summed E-state index contributed by atoms with van der Waals surface area (Å²) >= 11 is 0. The fraction of sp³-hybridized carbons (Fsp3) is 0.938. The topological polar surface area (TPSA) is 75.4 Å². The van der Waals surface area contributed by atoms with Crippen molar-refractivity contribution >= 4 is 5.91 Å². The first kappa shape index (κ1) is 19.4. The van der Waals surface area contributed by atoms with Crippen LogP contribution in [0.5, 0.6) is 0 Å². The van der Waals surface area contributed by atoms with Crippen LogP contribution >= 0.6 is 0 Å². The van der Waals surface area contributed by atoms with Crippen molar-refractivity contribution in [3.63, 3.8) is 0 Å². The van der Waals surface area contributed by atoms with E-state index in [4.69, 9.17) is 10.8 Å². The molecule has 4 nitrogen and oxygen atoms in total. The molecule has 0 saturated heterocycles. The molecule has 2 unspecified atom stereocenters. The van der Waals surface area contributed by atoms with Crippen molar-refractivity contribution in [2.45, 2.75) is 65.2 Å². The van der Waals surface area contributed by atoms with E-state index in [1.165, 1.54) is 0 Å². The first-order chi connectivity index (χ1) is 9.67. The molecule has 4 N–H and O–H groups in total. The van der Waals surface area contributed by atoms with E-state index in [9.17, 15) is 4.79 Å². The fourth-order valence-electron chi connectivity index (χ4n) is 2.70. The monoisotopic (exact) mass is 286 g/mol. The Morgan fingerprint density at radius 2 is 1.70 bits per heavy atom. The van der Waals surface area contributed by atoms with Crippen molar-refractivity contribution in [1.82, 2.24) is 5.32 Å². The Hall–Kier alpha value is -0.610. The van der Waals surface area contributed by atoms with Crippen LogP contribution in [0.4, 0.5) is 0 Å². The van der Waals surface area contributed by atoms with E-state index in [2.05, 4.69) is 19.2 Å². The third-order valence-electron chi connectivity index (χ3n) is 3.87. The summed E-state index contributed by atoms with van der Waals surface area (Å²) in [6.07, 6.45) is 7.80. The maximum atomic E-state index is 11.9. The number of hydrogen-bond acceptors (Lipinski definition) is 3. The standard InChI is InChI=1S/C16H34N2O2/c1-3-5-14(9-11-17)7-8-16(20)18-13-15(6-4-2)10-12-19/h14-15,19H,3-13,17H2,1-2H3,(H,18,20). The third kappa shape index (κ3) is 10.2. The molecule has 0 aromatic carbocycles. The number of aliphatic hydroxyl groups excluding tert-OH is 1. The lowest BCUT2D eigenvalue weighted by Gasteiger charge is -2.17. The lowest BCUT2D eigenvalue weighted by Crippen LogP contribution is -2.30. The van der Waals surface area contributed by atoms with Crippen LogP contribution in [0.15, 0.2) is 0 Å². The largest absolute Gasteiger partial charge is 0.396 e. The number of nitrogens with one attached hydrogen (secondary N) is 1. The summed E-state index contributed by atoms with van der Waals surface area (Å²) in [5.74, 6) is 1.13. The van der Waals surface area contributed by atoms with Gasteiger partial charge in [0.15, 0.2) is 0 Å². The molecule has 20 heavy (non-hydrogen) atoms. The number of hydrogen-bond donors (Lipinski definition) is 3. The summed E-state index contributed by atoms with van der Waals surface area (Å²) in [6, 6.07) is 0. The van der Waals surface area contributed by atoms with Crippen molar-refractivity contribution < 1.29 is 9.90 Å². The second-order valence-corrected chi connectivity index (χ2v) is 5.74. The van der Waals surface area contributed by atoms with Gasteiger partial charge in [-0.05, 0) is 44.1 Å². The van der Waals surface area contributed by atoms with Crippen molar-refractivity contribution in [2.75, 3.05) is 19.7 Å². The Labute approximate surface area is 124 Å². The van der Waals surface area contributed by atoms with Crippen LogP contribution < -0.4 is 11.1 Å². The van der Waals surface area contributed by atoms with E-state index in [-0.39, 0.29) is 12.5 Å². The Kier molecular flexibility index (Phi) is 13.0. The Morgan fingerprint density at radius 3 is 2.25 bits per heavy atom. The summed E-state index contributed by atoms with van der Waals surface area (Å²) in [6.45, 7) is 5.92. The number of aliphatic hydroxyl groups is 1. The first-order valence-corrected chi connectivity index (χ1v) is 8.25. The van der Waals surface area contributed by atoms with Gasteiger partial charge in [-0.15, -0.1) is 0 Å². The van der Waals surface area contributed by atoms with E-state index in [0.717, 1.165) is 44.9 Å². The molecule has 0 saturated carbocycles. The molecular formula is C16H34N2O2. The van der Waals surface area contributed by atoms with E-state index in [1.807, 2.05) is 0 Å². The van der Waals surface area contributed by atoms with Crippen molar-refractivity contribution in [3.05, 3.63) is 0 Å². The second kappa shape index (κ2) is 13.4. The van der Waals surface area contributed by atoms with Gasteiger partial charge in [-0.2, -0.15) is 0 Å². The molecule has 0 bridgehead atoms. The molecule has 0 heterocycles. The van der Waals surface area contributed by atoms with Gasteiger partial charge >= 0.3 is 0 Å². The molecule has 4 heteroatoms. The van der Waals surface area contributed by atoms with E-state index < -0.39 is 0 Å². The lowest BCUT2D eigenvalue weighted by atomic mass is 9.94. The highest BCUT2D eigenvalue weighted by atomic mass is 16.3. The zero-order chi connectivity index (χ0) is 15.2. The van der Waals surface area contributed by atoms with Gasteiger partial charge in [-0.1, -0.05) is 33.1 Å². The van der Waals surface area contributed by atoms with Crippen LogP contribution in [-0.4, -0.2) is 30.7 Å². The van der Waals surface area contributed by atoms with Gasteiger partial charge in [0.05, 0.1) is 0 Å². The summed E-state index contributed by atoms with van der Waals surface area (Å²) < 4.78 is 0. The zero-order valence-electron chi connectivity index (χ0n) is 13.4. The molecule has 120 valence electrons. The lowest BCUT2D eigenvalue weighted by molar-refractivity contribution is -0.121. The average molecular weight is 286 g/mol. The smallest absolute Gasteiger partial charge is 0.220 e. The quantitative estimate of drug-likeness (QED) is 0.487. The van der Waals surface area contributed by atoms with Crippen LogP contribution in [0.3, 0.4) is 0 Å². The molecular weight excluding hydrogens is 252 g/mol. The molecule has 0 aliphatic carbocycles. The van der Waals surface area contributed by atoms with E-state index >= 15 is 0 Å². The molecule has 0 aromatic heterocycles. The molecule has 0 radical (unpaired) electrons. The minimum atomic E-state index is 0.141. The predicted molar refractivity (Wildman–Crippen MR) is 84.4 cm³/mol. The number of carbonyl (C=O) groups excluding carboxylic acids is 1. The molecule has 0 aliphatic heterocycles. The van der Waals surface area contributed by atoms with Crippen LogP contribution in [0.1, 0.15) is 65.2 Å². The molecule has 0 fully saturated rings. The second-order valence-electron chi connectivity index (χ2n) is 5.74. The van der Waals surface area contributed by atoms with Crippen molar-refractivity contribution in [2.24, 2.45) is 17.6 Å². The van der Waals surface area contributed by atoms with Crippen LogP contribution in [0.2, 0.25) is 0 Å². The van der Waals surface area contributed by atoms with Gasteiger partial charge < -0.3 is 16.2 Å². The normalized spacial score (nSPS) is 14.0. The molecule has 0 rings (SSSR count). The van der Waals surface area contributed by atoms with E-state index in [1.54, 1.807) is 0 Å². The van der Waals surface area contributed by atoms with Gasteiger partial charge in [-0.25, -0.2) is 0 Å². The highest BCUT2D eigenvalue weighted by molar-refractivity contribution is 5.75. The Bertz CT molecular complexity index is 201. The summed E-state index contributed by atoms with van der Waals surface area (Å²) in [4.78, 5) is 11.9. The van der Waals surface area contributed by atoms with Crippen LogP contribution in [-0.2, 0) is 4.79 Å². The van der Waals surface area contributed by atoms with Gasteiger partial charge in [0.25, 0.3) is 0 Å². The number of carbonyl (C=O) groups is 1. The summed E-state index contributed by atoms with van der Waals surface area (Å²) in [5, 5.41) is 12.0. The summed E-state index contributed by atoms with van der Waals surface area (Å²) in [5.41, 5.74) is 5.61. The van der Waals surface area contributed by atoms with Crippen LogP contribution in [0.25, 0.3) is 0 Å². The number of rotatable bonds is 13. The van der Waals surface area contributed by atoms with Gasteiger partial charge in [0.1, 0.15) is 0 Å². The highest BCUT2D eigenvalue weighted by Crippen LogP contribution is 2.17. The first-order valence-electron chi connectivity index (χ1n) is 8.25. The van der Waals surface area contributed by atoms with Gasteiger partial charge in [-0.3, -0.25) is 4.79 Å². The van der Waals surface area contributed by atoms with Crippen LogP contribution in [0, 0.1) is 11.8 Å². The molecule has 1 amide bonds. The molecule has 0 spiro atoms. The maximum Gasteiger partial charge on any atom is 0.220 e.